The molecule has 0 unspecified atom stereocenters. The predicted octanol–water partition coefficient (Wildman–Crippen LogP) is 1.70. The van der Waals surface area contributed by atoms with Crippen molar-refractivity contribution in [2.75, 3.05) is 39.5 Å². The lowest BCUT2D eigenvalue weighted by atomic mass is 10.1. The van der Waals surface area contributed by atoms with Gasteiger partial charge in [-0.3, -0.25) is 28.9 Å². The van der Waals surface area contributed by atoms with Crippen LogP contribution in [0.15, 0.2) is 36.4 Å². The third kappa shape index (κ3) is 17.5. The molecule has 0 saturated heterocycles. The number of benzene rings is 1. The zero-order valence-corrected chi connectivity index (χ0v) is 30.6. The second kappa shape index (κ2) is 23.2. The summed E-state index contributed by atoms with van der Waals surface area (Å²) in [6.45, 7) is 7.13. The second-order valence-electron chi connectivity index (χ2n) is 13.2. The number of carboxylic acids is 1. The van der Waals surface area contributed by atoms with E-state index in [1.165, 1.54) is 36.4 Å². The Morgan fingerprint density at radius 3 is 2.09 bits per heavy atom. The largest absolute Gasteiger partial charge is 0.482 e. The molecular formula is C36H51N5O12. The maximum Gasteiger partial charge on any atom is 0.407 e. The number of ether oxygens (including phenoxy) is 3. The number of carboxylic acid groups (broad SMARTS) is 1. The van der Waals surface area contributed by atoms with Gasteiger partial charge in [-0.05, 0) is 68.6 Å². The summed E-state index contributed by atoms with van der Waals surface area (Å²) in [7, 11) is 0. The minimum absolute atomic E-state index is 0.0215. The fraction of sp³-hybridized carbons (Fsp3) is 0.556. The van der Waals surface area contributed by atoms with Gasteiger partial charge < -0.3 is 40.6 Å². The molecule has 2 atom stereocenters. The number of nitrogens with zero attached hydrogens (tertiary/aromatic N) is 1. The molecule has 1 aliphatic heterocycles. The molecule has 1 heterocycles. The highest BCUT2D eigenvalue weighted by atomic mass is 16.5. The summed E-state index contributed by atoms with van der Waals surface area (Å²) in [6.07, 6.45) is 3.53. The van der Waals surface area contributed by atoms with E-state index in [-0.39, 0.29) is 62.3 Å². The third-order valence-corrected chi connectivity index (χ3v) is 7.44. The number of hydrogen-bond donors (Lipinski definition) is 5. The van der Waals surface area contributed by atoms with E-state index in [9.17, 15) is 38.4 Å². The highest BCUT2D eigenvalue weighted by molar-refractivity contribution is 6.12. The summed E-state index contributed by atoms with van der Waals surface area (Å²) in [4.78, 5) is 100.0. The van der Waals surface area contributed by atoms with Gasteiger partial charge >= 0.3 is 18.0 Å². The number of imide groups is 1. The van der Waals surface area contributed by atoms with Crippen molar-refractivity contribution in [1.29, 1.82) is 0 Å². The minimum atomic E-state index is -1.19. The molecule has 17 nitrogen and oxygen atoms in total. The predicted molar refractivity (Wildman–Crippen MR) is 189 cm³/mol. The van der Waals surface area contributed by atoms with Gasteiger partial charge in [0, 0.05) is 30.8 Å². The van der Waals surface area contributed by atoms with Crippen LogP contribution in [-0.4, -0.2) is 109 Å². The maximum absolute atomic E-state index is 13.6. The molecule has 292 valence electrons. The molecule has 53 heavy (non-hydrogen) atoms. The average Bonchev–Trinajstić information content (AvgIpc) is 3.43. The molecule has 0 fully saturated rings. The maximum atomic E-state index is 13.6. The Balaban J connectivity index is 2.07. The fourth-order valence-electron chi connectivity index (χ4n) is 4.75. The number of unbranched alkanes of at least 4 members (excludes halogenated alkanes) is 2. The number of esters is 1. The molecule has 1 aromatic rings. The van der Waals surface area contributed by atoms with E-state index >= 15 is 0 Å². The molecule has 5 N–H and O–H groups in total. The van der Waals surface area contributed by atoms with Gasteiger partial charge in [-0.25, -0.2) is 14.4 Å². The quantitative estimate of drug-likeness (QED) is 0.0578. The number of alkyl carbamates (subject to hydrolysis) is 1. The summed E-state index contributed by atoms with van der Waals surface area (Å²) in [6, 6.07) is 3.47. The molecule has 0 saturated carbocycles. The molecule has 0 aromatic heterocycles. The van der Waals surface area contributed by atoms with Crippen molar-refractivity contribution in [2.24, 2.45) is 11.8 Å². The summed E-state index contributed by atoms with van der Waals surface area (Å²) >= 11 is 0. The molecule has 0 radical (unpaired) electrons. The van der Waals surface area contributed by atoms with Crippen LogP contribution in [0.25, 0.3) is 0 Å². The van der Waals surface area contributed by atoms with Gasteiger partial charge in [-0.2, -0.15) is 0 Å². The Labute approximate surface area is 308 Å². The van der Waals surface area contributed by atoms with Crippen molar-refractivity contribution in [3.63, 3.8) is 0 Å². The van der Waals surface area contributed by atoms with E-state index in [0.717, 1.165) is 4.90 Å². The summed E-state index contributed by atoms with van der Waals surface area (Å²) in [5.41, 5.74) is 0.104. The molecule has 2 rings (SSSR count). The molecule has 6 amide bonds. The van der Waals surface area contributed by atoms with Gasteiger partial charge in [0.05, 0.1) is 19.8 Å². The number of amides is 6. The summed E-state index contributed by atoms with van der Waals surface area (Å²) in [5, 5.41) is 19.2. The van der Waals surface area contributed by atoms with Crippen LogP contribution >= 0.6 is 0 Å². The number of carbonyl (C=O) groups is 8. The zero-order valence-electron chi connectivity index (χ0n) is 30.6. The van der Waals surface area contributed by atoms with Crippen LogP contribution in [0.1, 0.15) is 76.6 Å². The molecule has 1 aromatic carbocycles. The number of nitrogens with one attached hydrogen (secondary N) is 4. The van der Waals surface area contributed by atoms with E-state index in [2.05, 4.69) is 21.3 Å². The van der Waals surface area contributed by atoms with Crippen molar-refractivity contribution >= 4 is 47.6 Å². The Morgan fingerprint density at radius 1 is 0.792 bits per heavy atom. The Bertz CT molecular complexity index is 1460. The van der Waals surface area contributed by atoms with Crippen LogP contribution in [0.3, 0.4) is 0 Å². The van der Waals surface area contributed by atoms with Crippen molar-refractivity contribution in [3.05, 3.63) is 42.0 Å². The SMILES string of the molecule is CC(C)COC(=O)NCCCC[C@H](NC(=O)CNC(=O)c1cccc(OCC(=O)O)c1)C(=O)N[C@@H](CCCCN1C(=O)C=CC1=O)C(=O)OCC(C)C. The molecule has 0 aliphatic carbocycles. The average molecular weight is 746 g/mol. The Kier molecular flexibility index (Phi) is 19.1. The van der Waals surface area contributed by atoms with E-state index < -0.39 is 72.8 Å². The van der Waals surface area contributed by atoms with Crippen LogP contribution in [0.5, 0.6) is 5.75 Å². The van der Waals surface area contributed by atoms with Crippen molar-refractivity contribution in [1.82, 2.24) is 26.2 Å². The van der Waals surface area contributed by atoms with Gasteiger partial charge in [-0.15, -0.1) is 0 Å². The lowest BCUT2D eigenvalue weighted by Gasteiger charge is -2.23. The topological polar surface area (TPSA) is 236 Å². The normalized spacial score (nSPS) is 13.4. The lowest BCUT2D eigenvalue weighted by molar-refractivity contribution is -0.149. The second-order valence-corrected chi connectivity index (χ2v) is 13.2. The molecule has 17 heteroatoms. The first kappa shape index (κ1) is 43.7. The fourth-order valence-corrected chi connectivity index (χ4v) is 4.75. The smallest absolute Gasteiger partial charge is 0.407 e. The first-order valence-corrected chi connectivity index (χ1v) is 17.6. The van der Waals surface area contributed by atoms with Gasteiger partial charge in [0.1, 0.15) is 17.8 Å². The molecule has 1 aliphatic rings. The highest BCUT2D eigenvalue weighted by Crippen LogP contribution is 2.14. The van der Waals surface area contributed by atoms with E-state index in [1.54, 1.807) is 0 Å². The van der Waals surface area contributed by atoms with Crippen LogP contribution < -0.4 is 26.0 Å². The molecule has 0 spiro atoms. The summed E-state index contributed by atoms with van der Waals surface area (Å²) < 4.78 is 15.6. The number of carbonyl (C=O) groups excluding carboxylic acids is 7. The van der Waals surface area contributed by atoms with E-state index in [0.29, 0.717) is 25.7 Å². The number of aliphatic carboxylic acids is 1. The monoisotopic (exact) mass is 745 g/mol. The minimum Gasteiger partial charge on any atom is -0.482 e. The summed E-state index contributed by atoms with van der Waals surface area (Å²) in [5.74, 6) is -4.44. The van der Waals surface area contributed by atoms with Gasteiger partial charge in [-0.1, -0.05) is 33.8 Å². The van der Waals surface area contributed by atoms with E-state index in [1.807, 2.05) is 27.7 Å². The van der Waals surface area contributed by atoms with Gasteiger partial charge in [0.2, 0.25) is 11.8 Å². The standard InChI is InChI=1S/C36H51N5O12/c1-23(2)20-52-35(49)28(13-6-8-17-41-30(43)14-15-31(41)44)40-34(48)27(12-5-7-16-37-36(50)53-21-24(3)4)39-29(42)19-38-33(47)25-10-9-11-26(18-25)51-22-32(45)46/h9-11,14-15,18,23-24,27-28H,5-8,12-13,16-17,19-22H2,1-4H3,(H,37,50)(H,38,47)(H,39,42)(H,40,48)(H,45,46)/t27-,28-/m0/s1. The van der Waals surface area contributed by atoms with E-state index in [4.69, 9.17) is 19.3 Å². The number of hydrogen-bond acceptors (Lipinski definition) is 11. The van der Waals surface area contributed by atoms with Crippen LogP contribution in [0.4, 0.5) is 4.79 Å². The van der Waals surface area contributed by atoms with Gasteiger partial charge in [0.15, 0.2) is 6.61 Å². The third-order valence-electron chi connectivity index (χ3n) is 7.44. The van der Waals surface area contributed by atoms with Crippen LogP contribution in [0, 0.1) is 11.8 Å². The zero-order chi connectivity index (χ0) is 39.3. The first-order chi connectivity index (χ1) is 25.2. The number of rotatable bonds is 24. The Morgan fingerprint density at radius 2 is 1.43 bits per heavy atom. The first-order valence-electron chi connectivity index (χ1n) is 17.6. The van der Waals surface area contributed by atoms with Crippen molar-refractivity contribution in [3.8, 4) is 5.75 Å². The highest BCUT2D eigenvalue weighted by Gasteiger charge is 2.28. The van der Waals surface area contributed by atoms with Crippen LogP contribution in [0.2, 0.25) is 0 Å². The Hall–Kier alpha value is -5.48. The van der Waals surface area contributed by atoms with Gasteiger partial charge in [0.25, 0.3) is 17.7 Å². The van der Waals surface area contributed by atoms with Crippen LogP contribution in [-0.2, 0) is 38.2 Å². The lowest BCUT2D eigenvalue weighted by Crippen LogP contribution is -2.53. The molecular weight excluding hydrogens is 694 g/mol. The van der Waals surface area contributed by atoms with Crippen molar-refractivity contribution < 1.29 is 57.7 Å². The van der Waals surface area contributed by atoms with Crippen molar-refractivity contribution in [2.45, 2.75) is 78.3 Å². The molecule has 0 bridgehead atoms.